The van der Waals surface area contributed by atoms with E-state index in [9.17, 15) is 0 Å². The monoisotopic (exact) mass is 305 g/mol. The van der Waals surface area contributed by atoms with Crippen molar-refractivity contribution in [3.05, 3.63) is 69.2 Å². The lowest BCUT2D eigenvalue weighted by atomic mass is 9.71. The molecule has 20 heavy (non-hydrogen) atoms. The molecule has 1 aliphatic heterocycles. The predicted octanol–water partition coefficient (Wildman–Crippen LogP) is 4.39. The lowest BCUT2D eigenvalue weighted by molar-refractivity contribution is 0.274. The second kappa shape index (κ2) is 5.40. The summed E-state index contributed by atoms with van der Waals surface area (Å²) in [6.45, 7) is 4.16. The van der Waals surface area contributed by atoms with Crippen molar-refractivity contribution in [1.82, 2.24) is 5.32 Å². The summed E-state index contributed by atoms with van der Waals surface area (Å²) in [5.41, 5.74) is 4.14. The van der Waals surface area contributed by atoms with Crippen LogP contribution in [0.15, 0.2) is 42.5 Å². The molecule has 104 valence electrons. The Morgan fingerprint density at radius 1 is 1.05 bits per heavy atom. The first-order valence-corrected chi connectivity index (χ1v) is 7.56. The molecular weight excluding hydrogens is 289 g/mol. The molecule has 3 heteroatoms. The minimum atomic E-state index is 0.184. The third kappa shape index (κ3) is 2.58. The summed E-state index contributed by atoms with van der Waals surface area (Å²) in [5, 5.41) is 4.66. The molecule has 0 saturated carbocycles. The zero-order chi connectivity index (χ0) is 14.2. The molecule has 0 unspecified atom stereocenters. The Bertz CT molecular complexity index is 633. The van der Waals surface area contributed by atoms with E-state index in [2.05, 4.69) is 42.6 Å². The number of hydrogen-bond donors (Lipinski definition) is 1. The molecule has 0 bridgehead atoms. The number of halogens is 2. The van der Waals surface area contributed by atoms with Gasteiger partial charge in [0.15, 0.2) is 0 Å². The highest BCUT2D eigenvalue weighted by atomic mass is 35.5. The molecule has 0 atom stereocenters. The van der Waals surface area contributed by atoms with Gasteiger partial charge in [-0.3, -0.25) is 0 Å². The molecule has 1 nitrogen and oxygen atoms in total. The molecule has 0 spiro atoms. The highest BCUT2D eigenvalue weighted by Gasteiger charge is 2.38. The first kappa shape index (κ1) is 13.9. The van der Waals surface area contributed by atoms with Crippen LogP contribution in [0.4, 0.5) is 0 Å². The quantitative estimate of drug-likeness (QED) is 0.887. The van der Waals surface area contributed by atoms with Crippen LogP contribution in [0.3, 0.4) is 0 Å². The third-order valence-electron chi connectivity index (χ3n) is 4.08. The van der Waals surface area contributed by atoms with Gasteiger partial charge in [0.05, 0.1) is 10.0 Å². The summed E-state index contributed by atoms with van der Waals surface area (Å²) in [4.78, 5) is 0. The molecule has 2 aromatic carbocycles. The Morgan fingerprint density at radius 2 is 1.85 bits per heavy atom. The zero-order valence-electron chi connectivity index (χ0n) is 11.4. The van der Waals surface area contributed by atoms with Crippen molar-refractivity contribution in [2.24, 2.45) is 0 Å². The molecule has 0 aliphatic carbocycles. The van der Waals surface area contributed by atoms with Crippen molar-refractivity contribution >= 4 is 23.2 Å². The summed E-state index contributed by atoms with van der Waals surface area (Å²) in [6.07, 6.45) is 0.986. The largest absolute Gasteiger partial charge is 0.315 e. The van der Waals surface area contributed by atoms with Gasteiger partial charge in [0.2, 0.25) is 0 Å². The van der Waals surface area contributed by atoms with Gasteiger partial charge < -0.3 is 5.32 Å². The van der Waals surface area contributed by atoms with Crippen LogP contribution in [-0.4, -0.2) is 13.1 Å². The molecule has 1 aliphatic rings. The number of hydrogen-bond acceptors (Lipinski definition) is 1. The van der Waals surface area contributed by atoms with Gasteiger partial charge in [0, 0.05) is 18.5 Å². The number of nitrogens with one attached hydrogen (secondary N) is 1. The van der Waals surface area contributed by atoms with Gasteiger partial charge in [0.25, 0.3) is 0 Å². The van der Waals surface area contributed by atoms with Gasteiger partial charge in [-0.25, -0.2) is 0 Å². The van der Waals surface area contributed by atoms with E-state index in [1.165, 1.54) is 16.7 Å². The molecule has 0 radical (unpaired) electrons. The Hall–Kier alpha value is -1.02. The molecule has 0 amide bonds. The summed E-state index contributed by atoms with van der Waals surface area (Å²) in [5.74, 6) is 0. The molecule has 0 aromatic heterocycles. The zero-order valence-corrected chi connectivity index (χ0v) is 12.9. The molecule has 1 fully saturated rings. The van der Waals surface area contributed by atoms with Crippen molar-refractivity contribution in [1.29, 1.82) is 0 Å². The van der Waals surface area contributed by atoms with Gasteiger partial charge in [-0.2, -0.15) is 0 Å². The Labute approximate surface area is 129 Å². The minimum Gasteiger partial charge on any atom is -0.315 e. The van der Waals surface area contributed by atoms with E-state index in [1.54, 1.807) is 0 Å². The van der Waals surface area contributed by atoms with Crippen LogP contribution >= 0.6 is 23.2 Å². The fourth-order valence-corrected chi connectivity index (χ4v) is 3.19. The summed E-state index contributed by atoms with van der Waals surface area (Å²) < 4.78 is 0. The molecule has 2 aromatic rings. The van der Waals surface area contributed by atoms with Crippen LogP contribution in [-0.2, 0) is 11.8 Å². The topological polar surface area (TPSA) is 12.0 Å². The highest BCUT2D eigenvalue weighted by molar-refractivity contribution is 6.42. The van der Waals surface area contributed by atoms with Gasteiger partial charge in [-0.1, -0.05) is 59.1 Å². The van der Waals surface area contributed by atoms with Gasteiger partial charge in [0.1, 0.15) is 0 Å². The molecular formula is C17H17Cl2N. The van der Waals surface area contributed by atoms with E-state index in [1.807, 2.05) is 12.1 Å². The van der Waals surface area contributed by atoms with E-state index >= 15 is 0 Å². The normalized spacial score (nSPS) is 16.8. The van der Waals surface area contributed by atoms with Crippen LogP contribution < -0.4 is 5.32 Å². The summed E-state index contributed by atoms with van der Waals surface area (Å²) in [7, 11) is 0. The van der Waals surface area contributed by atoms with Crippen molar-refractivity contribution in [3.8, 4) is 0 Å². The SMILES string of the molecule is Cc1cccc(C2(Cc3ccc(Cl)c(Cl)c3)CNC2)c1. The number of benzene rings is 2. The highest BCUT2D eigenvalue weighted by Crippen LogP contribution is 2.34. The van der Waals surface area contributed by atoms with Crippen LogP contribution in [0.2, 0.25) is 10.0 Å². The average Bonchev–Trinajstić information content (AvgIpc) is 2.38. The van der Waals surface area contributed by atoms with E-state index in [0.29, 0.717) is 10.0 Å². The molecule has 1 heterocycles. The van der Waals surface area contributed by atoms with Crippen molar-refractivity contribution < 1.29 is 0 Å². The third-order valence-corrected chi connectivity index (χ3v) is 4.82. The summed E-state index contributed by atoms with van der Waals surface area (Å²) >= 11 is 12.1. The fourth-order valence-electron chi connectivity index (χ4n) is 2.87. The maximum absolute atomic E-state index is 6.13. The van der Waals surface area contributed by atoms with E-state index in [0.717, 1.165) is 19.5 Å². The van der Waals surface area contributed by atoms with Crippen LogP contribution in [0.25, 0.3) is 0 Å². The summed E-state index contributed by atoms with van der Waals surface area (Å²) in [6, 6.07) is 14.7. The van der Waals surface area contributed by atoms with Crippen molar-refractivity contribution in [2.75, 3.05) is 13.1 Å². The Balaban J connectivity index is 1.91. The average molecular weight is 306 g/mol. The van der Waals surface area contributed by atoms with Crippen molar-refractivity contribution in [2.45, 2.75) is 18.8 Å². The first-order valence-electron chi connectivity index (χ1n) is 6.81. The molecule has 3 rings (SSSR count). The molecule has 1 saturated heterocycles. The minimum absolute atomic E-state index is 0.184. The van der Waals surface area contributed by atoms with Gasteiger partial charge in [-0.15, -0.1) is 0 Å². The lowest BCUT2D eigenvalue weighted by Crippen LogP contribution is -2.58. The standard InChI is InChI=1S/C17H17Cl2N/c1-12-3-2-4-14(7-12)17(10-20-11-17)9-13-5-6-15(18)16(19)8-13/h2-8,20H,9-11H2,1H3. The van der Waals surface area contributed by atoms with Crippen LogP contribution in [0, 0.1) is 6.92 Å². The van der Waals surface area contributed by atoms with Gasteiger partial charge >= 0.3 is 0 Å². The predicted molar refractivity (Wildman–Crippen MR) is 85.9 cm³/mol. The van der Waals surface area contributed by atoms with Crippen LogP contribution in [0.5, 0.6) is 0 Å². The second-order valence-corrected chi connectivity index (χ2v) is 6.49. The maximum Gasteiger partial charge on any atom is 0.0595 e. The number of aryl methyl sites for hydroxylation is 1. The fraction of sp³-hybridized carbons (Fsp3) is 0.294. The molecule has 1 N–H and O–H groups in total. The van der Waals surface area contributed by atoms with E-state index in [4.69, 9.17) is 23.2 Å². The van der Waals surface area contributed by atoms with E-state index in [-0.39, 0.29) is 5.41 Å². The first-order chi connectivity index (χ1) is 9.59. The smallest absolute Gasteiger partial charge is 0.0595 e. The van der Waals surface area contributed by atoms with Gasteiger partial charge in [-0.05, 0) is 36.6 Å². The number of rotatable bonds is 3. The van der Waals surface area contributed by atoms with Crippen LogP contribution in [0.1, 0.15) is 16.7 Å². The second-order valence-electron chi connectivity index (χ2n) is 5.68. The lowest BCUT2D eigenvalue weighted by Gasteiger charge is -2.43. The maximum atomic E-state index is 6.13. The Kier molecular flexibility index (Phi) is 3.76. The van der Waals surface area contributed by atoms with Crippen molar-refractivity contribution in [3.63, 3.8) is 0 Å². The van der Waals surface area contributed by atoms with E-state index < -0.39 is 0 Å². The Morgan fingerprint density at radius 3 is 2.45 bits per heavy atom.